The Morgan fingerprint density at radius 1 is 0.852 bits per heavy atom. The van der Waals surface area contributed by atoms with E-state index in [1.165, 1.54) is 12.3 Å². The molecule has 0 aliphatic carbocycles. The summed E-state index contributed by atoms with van der Waals surface area (Å²) in [5, 5.41) is 4.53. The average Bonchev–Trinajstić information content (AvgIpc) is 3.00. The second-order valence-corrected chi connectivity index (χ2v) is 6.78. The molecule has 1 aliphatic rings. The Morgan fingerprint density at radius 3 is 2.11 bits per heavy atom. The zero-order valence-corrected chi connectivity index (χ0v) is 15.7. The third-order valence-corrected chi connectivity index (χ3v) is 4.68. The fraction of sp³-hybridized carbons (Fsp3) is 0.368. The van der Waals surface area contributed by atoms with Crippen molar-refractivity contribution in [2.45, 2.75) is 20.8 Å². The first-order chi connectivity index (χ1) is 13.0. The van der Waals surface area contributed by atoms with Crippen LogP contribution in [0.15, 0.2) is 30.5 Å². The fourth-order valence-corrected chi connectivity index (χ4v) is 3.39. The van der Waals surface area contributed by atoms with Crippen LogP contribution in [0.1, 0.15) is 17.2 Å². The van der Waals surface area contributed by atoms with Crippen LogP contribution >= 0.6 is 0 Å². The molecule has 3 aromatic rings. The number of pyridine rings is 1. The van der Waals surface area contributed by atoms with Crippen molar-refractivity contribution >= 4 is 11.6 Å². The quantitative estimate of drug-likeness (QED) is 0.709. The molecule has 0 amide bonds. The Morgan fingerprint density at radius 2 is 1.52 bits per heavy atom. The maximum Gasteiger partial charge on any atom is 0.159 e. The van der Waals surface area contributed by atoms with E-state index >= 15 is 0 Å². The molecule has 1 fully saturated rings. The Hall–Kier alpha value is -3.03. The fourth-order valence-electron chi connectivity index (χ4n) is 3.39. The minimum absolute atomic E-state index is 0.314. The molecular formula is C19H22FN7. The van der Waals surface area contributed by atoms with E-state index in [0.29, 0.717) is 0 Å². The van der Waals surface area contributed by atoms with Gasteiger partial charge < -0.3 is 9.80 Å². The normalized spacial score (nSPS) is 14.7. The first-order valence-corrected chi connectivity index (χ1v) is 9.00. The second-order valence-electron chi connectivity index (χ2n) is 6.78. The van der Waals surface area contributed by atoms with Gasteiger partial charge >= 0.3 is 0 Å². The van der Waals surface area contributed by atoms with Crippen LogP contribution in [0.4, 0.5) is 16.0 Å². The molecule has 140 valence electrons. The third-order valence-electron chi connectivity index (χ3n) is 4.68. The van der Waals surface area contributed by atoms with E-state index in [1.54, 1.807) is 6.07 Å². The molecule has 0 radical (unpaired) electrons. The molecule has 1 aliphatic heterocycles. The smallest absolute Gasteiger partial charge is 0.159 e. The zero-order valence-electron chi connectivity index (χ0n) is 15.7. The van der Waals surface area contributed by atoms with Crippen molar-refractivity contribution in [2.75, 3.05) is 36.0 Å². The molecule has 4 rings (SSSR count). The molecule has 0 bridgehead atoms. The molecule has 1 saturated heterocycles. The first kappa shape index (κ1) is 17.4. The first-order valence-electron chi connectivity index (χ1n) is 9.00. The largest absolute Gasteiger partial charge is 0.353 e. The van der Waals surface area contributed by atoms with Gasteiger partial charge in [-0.1, -0.05) is 0 Å². The number of anilines is 2. The number of aromatic nitrogens is 5. The summed E-state index contributed by atoms with van der Waals surface area (Å²) in [5.41, 5.74) is 2.01. The van der Waals surface area contributed by atoms with Gasteiger partial charge in [0.25, 0.3) is 0 Å². The summed E-state index contributed by atoms with van der Waals surface area (Å²) in [6, 6.07) is 7.19. The van der Waals surface area contributed by atoms with E-state index in [0.717, 1.165) is 60.8 Å². The minimum atomic E-state index is -0.314. The number of hydrogen-bond acceptors (Lipinski definition) is 6. The maximum atomic E-state index is 13.1. The molecule has 7 nitrogen and oxygen atoms in total. The van der Waals surface area contributed by atoms with Gasteiger partial charge in [-0.05, 0) is 39.0 Å². The molecule has 27 heavy (non-hydrogen) atoms. The van der Waals surface area contributed by atoms with Crippen LogP contribution in [0, 0.1) is 26.6 Å². The number of piperazine rings is 1. The number of rotatable bonds is 3. The van der Waals surface area contributed by atoms with Crippen LogP contribution in [0.2, 0.25) is 0 Å². The van der Waals surface area contributed by atoms with Gasteiger partial charge in [-0.15, -0.1) is 0 Å². The van der Waals surface area contributed by atoms with Gasteiger partial charge in [-0.2, -0.15) is 5.10 Å². The molecule has 0 atom stereocenters. The van der Waals surface area contributed by atoms with Crippen molar-refractivity contribution < 1.29 is 4.39 Å². The lowest BCUT2D eigenvalue weighted by Crippen LogP contribution is -2.47. The van der Waals surface area contributed by atoms with E-state index in [1.807, 2.05) is 37.6 Å². The van der Waals surface area contributed by atoms with Crippen molar-refractivity contribution in [1.82, 2.24) is 24.7 Å². The van der Waals surface area contributed by atoms with Crippen LogP contribution in [0.3, 0.4) is 0 Å². The van der Waals surface area contributed by atoms with Gasteiger partial charge in [0.2, 0.25) is 0 Å². The number of aryl methyl sites for hydroxylation is 3. The van der Waals surface area contributed by atoms with E-state index < -0.39 is 0 Å². The Balaban J connectivity index is 1.53. The Labute approximate surface area is 157 Å². The number of nitrogens with zero attached hydrogens (tertiary/aromatic N) is 7. The van der Waals surface area contributed by atoms with E-state index in [-0.39, 0.29) is 5.82 Å². The second kappa shape index (κ2) is 6.94. The summed E-state index contributed by atoms with van der Waals surface area (Å²) >= 11 is 0. The van der Waals surface area contributed by atoms with Gasteiger partial charge in [0.15, 0.2) is 5.82 Å². The van der Waals surface area contributed by atoms with Crippen LogP contribution in [0.25, 0.3) is 5.82 Å². The highest BCUT2D eigenvalue weighted by atomic mass is 19.1. The number of hydrogen-bond donors (Lipinski definition) is 0. The molecule has 4 heterocycles. The Bertz CT molecular complexity index is 943. The van der Waals surface area contributed by atoms with Crippen molar-refractivity contribution in [3.05, 3.63) is 53.5 Å². The van der Waals surface area contributed by atoms with Crippen LogP contribution in [0.5, 0.6) is 0 Å². The molecule has 8 heteroatoms. The molecule has 0 aromatic carbocycles. The lowest BCUT2D eigenvalue weighted by atomic mass is 10.3. The van der Waals surface area contributed by atoms with Crippen molar-refractivity contribution in [2.24, 2.45) is 0 Å². The molecule has 0 N–H and O–H groups in total. The lowest BCUT2D eigenvalue weighted by molar-refractivity contribution is 0.613. The predicted octanol–water partition coefficient (Wildman–Crippen LogP) is 2.45. The number of halogens is 1. The SMILES string of the molecule is Cc1cc(C)n(-c2cc(N3CCN(c4ccc(F)cn4)CC3)nc(C)n2)n1. The summed E-state index contributed by atoms with van der Waals surface area (Å²) in [4.78, 5) is 17.7. The lowest BCUT2D eigenvalue weighted by Gasteiger charge is -2.36. The Kier molecular flexibility index (Phi) is 4.47. The van der Waals surface area contributed by atoms with Crippen molar-refractivity contribution in [3.63, 3.8) is 0 Å². The molecule has 0 unspecified atom stereocenters. The van der Waals surface area contributed by atoms with Crippen LogP contribution < -0.4 is 9.80 Å². The zero-order chi connectivity index (χ0) is 19.0. The van der Waals surface area contributed by atoms with Crippen molar-refractivity contribution in [3.8, 4) is 5.82 Å². The molecular weight excluding hydrogens is 345 g/mol. The van der Waals surface area contributed by atoms with E-state index in [4.69, 9.17) is 0 Å². The summed E-state index contributed by atoms with van der Waals surface area (Å²) < 4.78 is 14.9. The molecule has 0 saturated carbocycles. The topological polar surface area (TPSA) is 63.0 Å². The van der Waals surface area contributed by atoms with Gasteiger partial charge in [-0.3, -0.25) is 0 Å². The summed E-state index contributed by atoms with van der Waals surface area (Å²) in [6.07, 6.45) is 1.26. The highest BCUT2D eigenvalue weighted by Crippen LogP contribution is 2.20. The van der Waals surface area contributed by atoms with Crippen LogP contribution in [-0.4, -0.2) is 50.9 Å². The minimum Gasteiger partial charge on any atom is -0.353 e. The monoisotopic (exact) mass is 367 g/mol. The highest BCUT2D eigenvalue weighted by Gasteiger charge is 2.20. The van der Waals surface area contributed by atoms with E-state index in [2.05, 4.69) is 29.9 Å². The molecule has 3 aromatic heterocycles. The highest BCUT2D eigenvalue weighted by molar-refractivity contribution is 5.48. The van der Waals surface area contributed by atoms with Crippen LogP contribution in [-0.2, 0) is 0 Å². The third kappa shape index (κ3) is 3.60. The van der Waals surface area contributed by atoms with Crippen molar-refractivity contribution in [1.29, 1.82) is 0 Å². The predicted molar refractivity (Wildman–Crippen MR) is 102 cm³/mol. The summed E-state index contributed by atoms with van der Waals surface area (Å²) in [7, 11) is 0. The van der Waals surface area contributed by atoms with Gasteiger partial charge in [0, 0.05) is 37.9 Å². The standard InChI is InChI=1S/C19H22FN7/c1-13-10-14(2)27(24-13)19-11-18(22-15(3)23-19)26-8-6-25(7-9-26)17-5-4-16(20)12-21-17/h4-5,10-12H,6-9H2,1-3H3. The molecule has 0 spiro atoms. The summed E-state index contributed by atoms with van der Waals surface area (Å²) in [5.74, 6) is 2.89. The van der Waals surface area contributed by atoms with Gasteiger partial charge in [-0.25, -0.2) is 24.0 Å². The maximum absolute atomic E-state index is 13.1. The van der Waals surface area contributed by atoms with Gasteiger partial charge in [0.05, 0.1) is 11.9 Å². The van der Waals surface area contributed by atoms with E-state index in [9.17, 15) is 4.39 Å². The van der Waals surface area contributed by atoms with Gasteiger partial charge in [0.1, 0.15) is 23.3 Å². The summed E-state index contributed by atoms with van der Waals surface area (Å²) in [6.45, 7) is 9.12. The average molecular weight is 367 g/mol.